The number of halogens is 1. The highest BCUT2D eigenvalue weighted by Gasteiger charge is 2.12. The summed E-state index contributed by atoms with van der Waals surface area (Å²) in [7, 11) is 1.79. The molecule has 0 aliphatic carbocycles. The van der Waals surface area contributed by atoms with Crippen LogP contribution in [0.15, 0.2) is 41.5 Å². The molecule has 0 saturated carbocycles. The van der Waals surface area contributed by atoms with Gasteiger partial charge in [0.15, 0.2) is 5.96 Å². The van der Waals surface area contributed by atoms with Gasteiger partial charge < -0.3 is 15.6 Å². The number of nitrogens with zero attached hydrogens (tertiary/aromatic N) is 3. The lowest BCUT2D eigenvalue weighted by atomic mass is 10.2. The summed E-state index contributed by atoms with van der Waals surface area (Å²) in [5.41, 5.74) is 2.16. The molecular weight excluding hydrogens is 451 g/mol. The van der Waals surface area contributed by atoms with Crippen LogP contribution in [0.2, 0.25) is 0 Å². The van der Waals surface area contributed by atoms with Gasteiger partial charge in [-0.25, -0.2) is 4.98 Å². The molecule has 1 aromatic carbocycles. The van der Waals surface area contributed by atoms with Crippen LogP contribution >= 0.6 is 24.0 Å². The van der Waals surface area contributed by atoms with E-state index in [0.29, 0.717) is 18.6 Å². The molecule has 1 heterocycles. The van der Waals surface area contributed by atoms with Gasteiger partial charge >= 0.3 is 0 Å². The predicted octanol–water partition coefficient (Wildman–Crippen LogP) is 3.48. The minimum atomic E-state index is 0. The van der Waals surface area contributed by atoms with Gasteiger partial charge in [0.05, 0.1) is 18.4 Å². The second-order valence-corrected chi connectivity index (χ2v) is 6.89. The van der Waals surface area contributed by atoms with Crippen molar-refractivity contribution in [2.75, 3.05) is 20.1 Å². The highest BCUT2D eigenvalue weighted by Crippen LogP contribution is 2.15. The maximum atomic E-state index is 4.44. The Hall–Kier alpha value is -1.61. The number of H-pyrrole nitrogens is 1. The second-order valence-electron chi connectivity index (χ2n) is 6.89. The molecule has 0 fully saturated rings. The minimum absolute atomic E-state index is 0. The van der Waals surface area contributed by atoms with Crippen molar-refractivity contribution in [3.63, 3.8) is 0 Å². The van der Waals surface area contributed by atoms with Crippen molar-refractivity contribution in [2.45, 2.75) is 46.3 Å². The molecule has 1 aromatic heterocycles. The first-order valence-electron chi connectivity index (χ1n) is 9.30. The van der Waals surface area contributed by atoms with Crippen molar-refractivity contribution >= 4 is 29.9 Å². The summed E-state index contributed by atoms with van der Waals surface area (Å²) in [6.45, 7) is 11.4. The van der Waals surface area contributed by atoms with E-state index in [1.54, 1.807) is 7.05 Å². The van der Waals surface area contributed by atoms with E-state index in [4.69, 9.17) is 0 Å². The Balaban J connectivity index is 0.00000364. The first kappa shape index (κ1) is 23.4. The van der Waals surface area contributed by atoms with Gasteiger partial charge in [0.1, 0.15) is 5.82 Å². The van der Waals surface area contributed by atoms with Crippen LogP contribution in [-0.2, 0) is 6.54 Å². The zero-order valence-corrected chi connectivity index (χ0v) is 19.3. The number of aromatic nitrogens is 2. The number of hydrogen-bond acceptors (Lipinski definition) is 3. The van der Waals surface area contributed by atoms with Crippen LogP contribution < -0.4 is 10.6 Å². The third kappa shape index (κ3) is 7.50. The number of imidazole rings is 1. The minimum Gasteiger partial charge on any atom is -0.355 e. The summed E-state index contributed by atoms with van der Waals surface area (Å²) in [6.07, 6.45) is 1.87. The van der Waals surface area contributed by atoms with E-state index < -0.39 is 0 Å². The Morgan fingerprint density at radius 1 is 1.11 bits per heavy atom. The van der Waals surface area contributed by atoms with Crippen molar-refractivity contribution in [2.24, 2.45) is 4.99 Å². The number of guanidine groups is 1. The fourth-order valence-corrected chi connectivity index (χ4v) is 3.02. The number of nitrogens with one attached hydrogen (secondary N) is 3. The molecular formula is C20H33IN6. The van der Waals surface area contributed by atoms with Crippen LogP contribution in [0.1, 0.15) is 33.5 Å². The largest absolute Gasteiger partial charge is 0.355 e. The molecule has 27 heavy (non-hydrogen) atoms. The molecule has 0 radical (unpaired) electrons. The van der Waals surface area contributed by atoms with Crippen molar-refractivity contribution in [3.05, 3.63) is 42.4 Å². The van der Waals surface area contributed by atoms with Crippen molar-refractivity contribution in [1.82, 2.24) is 25.5 Å². The molecule has 2 aromatic rings. The van der Waals surface area contributed by atoms with Gasteiger partial charge in [0.2, 0.25) is 0 Å². The quantitative estimate of drug-likeness (QED) is 0.305. The Kier molecular flexibility index (Phi) is 10.4. The van der Waals surface area contributed by atoms with Crippen molar-refractivity contribution < 1.29 is 0 Å². The van der Waals surface area contributed by atoms with Crippen LogP contribution in [0.3, 0.4) is 0 Å². The summed E-state index contributed by atoms with van der Waals surface area (Å²) in [5, 5.41) is 6.68. The highest BCUT2D eigenvalue weighted by atomic mass is 127. The van der Waals surface area contributed by atoms with E-state index in [1.807, 2.05) is 24.4 Å². The molecule has 6 nitrogen and oxygen atoms in total. The average molecular weight is 484 g/mol. The highest BCUT2D eigenvalue weighted by molar-refractivity contribution is 14.0. The first-order valence-corrected chi connectivity index (χ1v) is 9.30. The molecule has 0 atom stereocenters. The Morgan fingerprint density at radius 2 is 1.78 bits per heavy atom. The molecule has 0 spiro atoms. The number of aromatic amines is 1. The molecule has 0 saturated heterocycles. The van der Waals surface area contributed by atoms with E-state index in [9.17, 15) is 0 Å². The van der Waals surface area contributed by atoms with Crippen molar-refractivity contribution in [3.8, 4) is 11.3 Å². The van der Waals surface area contributed by atoms with Gasteiger partial charge in [-0.3, -0.25) is 9.89 Å². The maximum Gasteiger partial charge on any atom is 0.191 e. The fraction of sp³-hybridized carbons (Fsp3) is 0.500. The van der Waals surface area contributed by atoms with Gasteiger partial charge in [0.25, 0.3) is 0 Å². The third-order valence-electron chi connectivity index (χ3n) is 4.35. The first-order chi connectivity index (χ1) is 12.5. The zero-order valence-electron chi connectivity index (χ0n) is 17.0. The number of aliphatic imine (C=N–C) groups is 1. The van der Waals surface area contributed by atoms with E-state index in [2.05, 4.69) is 70.3 Å². The lowest BCUT2D eigenvalue weighted by molar-refractivity contribution is 0.178. The summed E-state index contributed by atoms with van der Waals surface area (Å²) in [4.78, 5) is 14.5. The summed E-state index contributed by atoms with van der Waals surface area (Å²) in [6, 6.07) is 11.3. The SMILES string of the molecule is CN=C(NCCN(C(C)C)C(C)C)NCc1ncc(-c2ccccc2)[nH]1.I. The van der Waals surface area contributed by atoms with Crippen molar-refractivity contribution in [1.29, 1.82) is 0 Å². The molecule has 0 aliphatic rings. The van der Waals surface area contributed by atoms with E-state index in [-0.39, 0.29) is 24.0 Å². The molecule has 3 N–H and O–H groups in total. The predicted molar refractivity (Wildman–Crippen MR) is 125 cm³/mol. The van der Waals surface area contributed by atoms with Gasteiger partial charge in [-0.1, -0.05) is 30.3 Å². The fourth-order valence-electron chi connectivity index (χ4n) is 3.02. The molecule has 0 unspecified atom stereocenters. The van der Waals surface area contributed by atoms with Gasteiger partial charge in [-0.15, -0.1) is 24.0 Å². The molecule has 0 aliphatic heterocycles. The lowest BCUT2D eigenvalue weighted by Gasteiger charge is -2.30. The maximum absolute atomic E-state index is 4.44. The van der Waals surface area contributed by atoms with Crippen LogP contribution in [0.4, 0.5) is 0 Å². The monoisotopic (exact) mass is 484 g/mol. The van der Waals surface area contributed by atoms with Crippen LogP contribution in [0.5, 0.6) is 0 Å². The topological polar surface area (TPSA) is 68.3 Å². The Morgan fingerprint density at radius 3 is 2.37 bits per heavy atom. The number of hydrogen-bond donors (Lipinski definition) is 3. The Bertz CT molecular complexity index is 673. The molecule has 7 heteroatoms. The van der Waals surface area contributed by atoms with Crippen LogP contribution in [0, 0.1) is 0 Å². The number of rotatable bonds is 8. The van der Waals surface area contributed by atoms with Crippen LogP contribution in [0.25, 0.3) is 11.3 Å². The Labute approximate surface area is 180 Å². The molecule has 2 rings (SSSR count). The smallest absolute Gasteiger partial charge is 0.191 e. The summed E-state index contributed by atoms with van der Waals surface area (Å²) >= 11 is 0. The average Bonchev–Trinajstić information content (AvgIpc) is 3.10. The second kappa shape index (κ2) is 12.0. The van der Waals surface area contributed by atoms with Gasteiger partial charge in [-0.05, 0) is 33.3 Å². The lowest BCUT2D eigenvalue weighted by Crippen LogP contribution is -2.45. The van der Waals surface area contributed by atoms with Gasteiger partial charge in [-0.2, -0.15) is 0 Å². The summed E-state index contributed by atoms with van der Waals surface area (Å²) in [5.74, 6) is 1.67. The molecule has 150 valence electrons. The van der Waals surface area contributed by atoms with E-state index in [1.165, 1.54) is 0 Å². The van der Waals surface area contributed by atoms with E-state index >= 15 is 0 Å². The molecule has 0 amide bonds. The number of benzene rings is 1. The zero-order chi connectivity index (χ0) is 18.9. The normalized spacial score (nSPS) is 11.8. The third-order valence-corrected chi connectivity index (χ3v) is 4.35. The summed E-state index contributed by atoms with van der Waals surface area (Å²) < 4.78 is 0. The van der Waals surface area contributed by atoms with Gasteiger partial charge in [0, 0.05) is 32.2 Å². The molecule has 0 bridgehead atoms. The standard InChI is InChI=1S/C20H32N6.HI/c1-15(2)26(16(3)4)12-11-22-20(21-5)24-14-19-23-13-18(25-19)17-9-7-6-8-10-17;/h6-10,13,15-16H,11-12,14H2,1-5H3,(H,23,25)(H2,21,22,24);1H. The van der Waals surface area contributed by atoms with Crippen LogP contribution in [-0.4, -0.2) is 53.0 Å². The van der Waals surface area contributed by atoms with E-state index in [0.717, 1.165) is 36.1 Å².